The summed E-state index contributed by atoms with van der Waals surface area (Å²) >= 11 is 0. The lowest BCUT2D eigenvalue weighted by molar-refractivity contribution is -0.384. The highest BCUT2D eigenvalue weighted by atomic mass is 32.2. The monoisotopic (exact) mass is 431 g/mol. The Morgan fingerprint density at radius 3 is 2.40 bits per heavy atom. The number of non-ortho nitro benzene ring substituents is 1. The predicted octanol–water partition coefficient (Wildman–Crippen LogP) is 2.84. The van der Waals surface area contributed by atoms with Crippen molar-refractivity contribution in [2.45, 2.75) is 44.6 Å². The van der Waals surface area contributed by atoms with E-state index in [2.05, 4.69) is 5.32 Å². The fourth-order valence-electron chi connectivity index (χ4n) is 3.80. The number of carbonyl (C=O) groups is 2. The molecular formula is C20H21N3O6S. The van der Waals surface area contributed by atoms with E-state index in [4.69, 9.17) is 0 Å². The summed E-state index contributed by atoms with van der Waals surface area (Å²) in [7, 11) is -4.26. The second-order valence-corrected chi connectivity index (χ2v) is 9.03. The molecule has 2 amide bonds. The van der Waals surface area contributed by atoms with Crippen LogP contribution in [-0.2, 0) is 19.6 Å². The minimum Gasteiger partial charge on any atom is -0.324 e. The van der Waals surface area contributed by atoms with Crippen molar-refractivity contribution in [1.82, 2.24) is 4.31 Å². The lowest BCUT2D eigenvalue weighted by Crippen LogP contribution is -2.45. The third-order valence-electron chi connectivity index (χ3n) is 4.91. The van der Waals surface area contributed by atoms with Gasteiger partial charge in [0.1, 0.15) is 6.04 Å². The average molecular weight is 431 g/mol. The van der Waals surface area contributed by atoms with Crippen molar-refractivity contribution in [3.05, 3.63) is 63.2 Å². The van der Waals surface area contributed by atoms with E-state index in [1.165, 1.54) is 24.3 Å². The fraction of sp³-hybridized carbons (Fsp3) is 0.300. The molecule has 2 aromatic rings. The molecule has 1 heterocycles. The number of benzene rings is 2. The second kappa shape index (κ2) is 7.86. The normalized spacial score (nSPS) is 16.6. The number of carbonyl (C=O) groups excluding carboxylic acids is 2. The summed E-state index contributed by atoms with van der Waals surface area (Å²) in [5, 5.41) is 13.4. The molecule has 3 rings (SSSR count). The molecule has 0 aromatic heterocycles. The van der Waals surface area contributed by atoms with E-state index in [9.17, 15) is 28.1 Å². The molecule has 0 bridgehead atoms. The van der Waals surface area contributed by atoms with Crippen molar-refractivity contribution in [3.8, 4) is 0 Å². The SMILES string of the molecule is Cc1cc(C)c(S(=O)(=O)N2C(=O)CC[C@@H]2C(=O)Nc2cccc([N+](=O)[O-])c2)c(C)c1. The molecule has 0 radical (unpaired) electrons. The molecule has 0 aliphatic carbocycles. The number of sulfonamides is 1. The van der Waals surface area contributed by atoms with Crippen LogP contribution in [0.2, 0.25) is 0 Å². The average Bonchev–Trinajstić information content (AvgIpc) is 3.03. The number of nitrogens with zero attached hydrogens (tertiary/aromatic N) is 2. The van der Waals surface area contributed by atoms with Gasteiger partial charge in [-0.25, -0.2) is 12.7 Å². The third kappa shape index (κ3) is 3.90. The van der Waals surface area contributed by atoms with Crippen LogP contribution < -0.4 is 5.32 Å². The molecule has 1 fully saturated rings. The first-order chi connectivity index (χ1) is 14.0. The van der Waals surface area contributed by atoms with Gasteiger partial charge in [0.05, 0.1) is 9.82 Å². The van der Waals surface area contributed by atoms with Crippen molar-refractivity contribution in [1.29, 1.82) is 0 Å². The molecule has 30 heavy (non-hydrogen) atoms. The predicted molar refractivity (Wildman–Crippen MR) is 109 cm³/mol. The molecule has 0 saturated carbocycles. The van der Waals surface area contributed by atoms with Gasteiger partial charge in [0.15, 0.2) is 0 Å². The minimum atomic E-state index is -4.26. The van der Waals surface area contributed by atoms with Crippen LogP contribution in [0.3, 0.4) is 0 Å². The second-order valence-electron chi connectivity index (χ2n) is 7.27. The van der Waals surface area contributed by atoms with Crippen LogP contribution in [0.5, 0.6) is 0 Å². The van der Waals surface area contributed by atoms with Gasteiger partial charge in [-0.15, -0.1) is 0 Å². The van der Waals surface area contributed by atoms with E-state index in [1.54, 1.807) is 26.0 Å². The number of nitrogens with one attached hydrogen (secondary N) is 1. The van der Waals surface area contributed by atoms with Crippen LogP contribution in [0.25, 0.3) is 0 Å². The quantitative estimate of drug-likeness (QED) is 0.573. The largest absolute Gasteiger partial charge is 0.324 e. The van der Waals surface area contributed by atoms with Crippen molar-refractivity contribution in [2.24, 2.45) is 0 Å². The van der Waals surface area contributed by atoms with E-state index < -0.39 is 32.8 Å². The minimum absolute atomic E-state index is 0.0106. The van der Waals surface area contributed by atoms with Crippen molar-refractivity contribution in [3.63, 3.8) is 0 Å². The van der Waals surface area contributed by atoms with Gasteiger partial charge in [-0.2, -0.15) is 0 Å². The number of nitro benzene ring substituents is 1. The van der Waals surface area contributed by atoms with Crippen LogP contribution in [-0.4, -0.2) is 35.5 Å². The Hall–Kier alpha value is -3.27. The smallest absolute Gasteiger partial charge is 0.271 e. The van der Waals surface area contributed by atoms with E-state index in [-0.39, 0.29) is 29.1 Å². The maximum Gasteiger partial charge on any atom is 0.271 e. The van der Waals surface area contributed by atoms with Gasteiger partial charge in [0.25, 0.3) is 15.7 Å². The molecule has 1 N–H and O–H groups in total. The number of amides is 2. The summed E-state index contributed by atoms with van der Waals surface area (Å²) in [5.41, 5.74) is 1.80. The molecule has 2 aromatic carbocycles. The third-order valence-corrected chi connectivity index (χ3v) is 7.05. The van der Waals surface area contributed by atoms with Crippen LogP contribution >= 0.6 is 0 Å². The maximum absolute atomic E-state index is 13.3. The number of anilines is 1. The highest BCUT2D eigenvalue weighted by molar-refractivity contribution is 7.89. The fourth-order valence-corrected chi connectivity index (χ4v) is 5.82. The van der Waals surface area contributed by atoms with Crippen molar-refractivity contribution < 1.29 is 22.9 Å². The van der Waals surface area contributed by atoms with E-state index >= 15 is 0 Å². The zero-order valence-electron chi connectivity index (χ0n) is 16.7. The lowest BCUT2D eigenvalue weighted by Gasteiger charge is -2.25. The molecule has 0 unspecified atom stereocenters. The van der Waals surface area contributed by atoms with E-state index in [0.29, 0.717) is 15.4 Å². The topological polar surface area (TPSA) is 127 Å². The molecule has 1 aliphatic rings. The molecule has 9 nitrogen and oxygen atoms in total. The van der Waals surface area contributed by atoms with E-state index in [0.717, 1.165) is 5.56 Å². The first kappa shape index (κ1) is 21.4. The highest BCUT2D eigenvalue weighted by Crippen LogP contribution is 2.32. The summed E-state index contributed by atoms with van der Waals surface area (Å²) < 4.78 is 27.3. The Morgan fingerprint density at radius 2 is 1.80 bits per heavy atom. The zero-order chi connectivity index (χ0) is 22.2. The number of hydrogen-bond acceptors (Lipinski definition) is 6. The maximum atomic E-state index is 13.3. The van der Waals surface area contributed by atoms with E-state index in [1.807, 2.05) is 6.92 Å². The van der Waals surface area contributed by atoms with Crippen molar-refractivity contribution >= 4 is 33.2 Å². The Morgan fingerprint density at radius 1 is 1.17 bits per heavy atom. The van der Waals surface area contributed by atoms with Crippen LogP contribution in [0.1, 0.15) is 29.5 Å². The summed E-state index contributed by atoms with van der Waals surface area (Å²) in [6.07, 6.45) is -0.0566. The lowest BCUT2D eigenvalue weighted by atomic mass is 10.1. The number of hydrogen-bond donors (Lipinski definition) is 1. The first-order valence-electron chi connectivity index (χ1n) is 9.23. The summed E-state index contributed by atoms with van der Waals surface area (Å²) in [6.45, 7) is 5.13. The molecule has 0 spiro atoms. The van der Waals surface area contributed by atoms with Crippen molar-refractivity contribution in [2.75, 3.05) is 5.32 Å². The summed E-state index contributed by atoms with van der Waals surface area (Å²) in [4.78, 5) is 35.6. The standard InChI is InChI=1S/C20H21N3O6S/c1-12-9-13(2)19(14(3)10-12)30(28,29)22-17(7-8-18(22)24)20(25)21-15-5-4-6-16(11-15)23(26)27/h4-6,9-11,17H,7-8H2,1-3H3,(H,21,25)/t17-/m1/s1. The molecule has 1 atom stereocenters. The van der Waals surface area contributed by atoms with Crippen LogP contribution in [0.15, 0.2) is 41.3 Å². The number of rotatable bonds is 5. The Kier molecular flexibility index (Phi) is 5.62. The molecule has 158 valence electrons. The number of nitro groups is 1. The summed E-state index contributed by atoms with van der Waals surface area (Å²) in [5.74, 6) is -1.37. The molecule has 1 aliphatic heterocycles. The van der Waals surface area contributed by atoms with Gasteiger partial charge < -0.3 is 5.32 Å². The molecule has 1 saturated heterocycles. The number of aryl methyl sites for hydroxylation is 3. The van der Waals surface area contributed by atoms with Gasteiger partial charge >= 0.3 is 0 Å². The van der Waals surface area contributed by atoms with Gasteiger partial charge in [-0.05, 0) is 44.4 Å². The summed E-state index contributed by atoms with van der Waals surface area (Å²) in [6, 6.07) is 7.48. The van der Waals surface area contributed by atoms with Gasteiger partial charge in [0, 0.05) is 24.2 Å². The van der Waals surface area contributed by atoms with Crippen LogP contribution in [0, 0.1) is 30.9 Å². The highest BCUT2D eigenvalue weighted by Gasteiger charge is 2.45. The van der Waals surface area contributed by atoms with Gasteiger partial charge in [-0.3, -0.25) is 19.7 Å². The Bertz CT molecular complexity index is 1140. The first-order valence-corrected chi connectivity index (χ1v) is 10.7. The molecule has 10 heteroatoms. The Balaban J connectivity index is 1.95. The zero-order valence-corrected chi connectivity index (χ0v) is 17.5. The van der Waals surface area contributed by atoms with Gasteiger partial charge in [-0.1, -0.05) is 23.8 Å². The van der Waals surface area contributed by atoms with Gasteiger partial charge in [0.2, 0.25) is 11.8 Å². The Labute approximate surface area is 173 Å². The van der Waals surface area contributed by atoms with Crippen LogP contribution in [0.4, 0.5) is 11.4 Å². The molecular weight excluding hydrogens is 410 g/mol.